The number of carboxylic acids is 1. The van der Waals surface area contributed by atoms with Crippen molar-refractivity contribution in [1.29, 1.82) is 0 Å². The Morgan fingerprint density at radius 1 is 0.929 bits per heavy atom. The van der Waals surface area contributed by atoms with Crippen LogP contribution < -0.4 is 5.32 Å². The number of rotatable bonds is 5. The van der Waals surface area contributed by atoms with Crippen LogP contribution in [0, 0.1) is 11.8 Å². The molecule has 0 aliphatic carbocycles. The van der Waals surface area contributed by atoms with E-state index in [1.54, 1.807) is 42.7 Å². The van der Waals surface area contributed by atoms with E-state index in [0.29, 0.717) is 18.5 Å². The third kappa shape index (κ3) is 5.29. The lowest BCUT2D eigenvalue weighted by atomic mass is 10.1. The minimum Gasteiger partial charge on any atom is -0.478 e. The van der Waals surface area contributed by atoms with Gasteiger partial charge >= 0.3 is 5.97 Å². The third-order valence-electron chi connectivity index (χ3n) is 4.05. The Kier molecular flexibility index (Phi) is 6.17. The predicted octanol–water partition coefficient (Wildman–Crippen LogP) is 3.30. The van der Waals surface area contributed by atoms with Crippen LogP contribution in [0.3, 0.4) is 0 Å². The summed E-state index contributed by atoms with van der Waals surface area (Å²) in [6.45, 7) is 0.316. The largest absolute Gasteiger partial charge is 0.478 e. The molecule has 0 spiro atoms. The molecule has 0 atom stereocenters. The number of carbonyl (C=O) groups is 2. The first-order valence-electron chi connectivity index (χ1n) is 8.70. The van der Waals surface area contributed by atoms with Crippen LogP contribution >= 0.6 is 0 Å². The van der Waals surface area contributed by atoms with Gasteiger partial charge in [0.2, 0.25) is 0 Å². The second kappa shape index (κ2) is 9.15. The molecule has 5 nitrogen and oxygen atoms in total. The lowest BCUT2D eigenvalue weighted by molar-refractivity contribution is 0.0696. The molecular weight excluding hydrogens is 352 g/mol. The smallest absolute Gasteiger partial charge is 0.335 e. The number of amides is 1. The molecule has 0 fully saturated rings. The first kappa shape index (κ1) is 18.9. The van der Waals surface area contributed by atoms with Gasteiger partial charge < -0.3 is 10.4 Å². The zero-order valence-corrected chi connectivity index (χ0v) is 15.1. The fourth-order valence-corrected chi connectivity index (χ4v) is 2.54. The van der Waals surface area contributed by atoms with Crippen molar-refractivity contribution in [3.63, 3.8) is 0 Å². The summed E-state index contributed by atoms with van der Waals surface area (Å²) in [5.41, 5.74) is 3.43. The van der Waals surface area contributed by atoms with E-state index in [-0.39, 0.29) is 11.5 Å². The van der Waals surface area contributed by atoms with Gasteiger partial charge in [0.15, 0.2) is 0 Å². The van der Waals surface area contributed by atoms with Gasteiger partial charge in [-0.1, -0.05) is 30.0 Å². The van der Waals surface area contributed by atoms with E-state index in [1.165, 1.54) is 12.1 Å². The summed E-state index contributed by atoms with van der Waals surface area (Å²) in [6, 6.07) is 17.4. The molecule has 1 aromatic heterocycles. The van der Waals surface area contributed by atoms with Crippen LogP contribution in [-0.2, 0) is 13.0 Å². The number of aromatic nitrogens is 1. The van der Waals surface area contributed by atoms with Gasteiger partial charge in [-0.25, -0.2) is 4.79 Å². The summed E-state index contributed by atoms with van der Waals surface area (Å²) >= 11 is 0. The van der Waals surface area contributed by atoms with Crippen molar-refractivity contribution in [3.8, 4) is 11.8 Å². The minimum absolute atomic E-state index is 0.208. The number of pyridine rings is 1. The maximum atomic E-state index is 12.4. The highest BCUT2D eigenvalue weighted by Crippen LogP contribution is 2.07. The highest BCUT2D eigenvalue weighted by Gasteiger charge is 2.06. The summed E-state index contributed by atoms with van der Waals surface area (Å²) < 4.78 is 0. The highest BCUT2D eigenvalue weighted by molar-refractivity contribution is 5.94. The summed E-state index contributed by atoms with van der Waals surface area (Å²) in [5.74, 6) is 4.99. The number of nitrogens with one attached hydrogen (secondary N) is 1. The van der Waals surface area contributed by atoms with Gasteiger partial charge in [0.05, 0.1) is 5.56 Å². The average molecular weight is 370 g/mol. The minimum atomic E-state index is -0.975. The molecule has 1 heterocycles. The Bertz CT molecular complexity index is 1030. The molecule has 1 amide bonds. The number of nitrogens with zero attached hydrogens (tertiary/aromatic N) is 1. The molecule has 2 aromatic carbocycles. The van der Waals surface area contributed by atoms with Crippen LogP contribution in [-0.4, -0.2) is 22.0 Å². The van der Waals surface area contributed by atoms with Crippen molar-refractivity contribution < 1.29 is 14.7 Å². The molecule has 0 unspecified atom stereocenters. The Labute approximate surface area is 163 Å². The molecule has 28 heavy (non-hydrogen) atoms. The molecule has 5 heteroatoms. The maximum absolute atomic E-state index is 12.4. The van der Waals surface area contributed by atoms with Crippen LogP contribution in [0.15, 0.2) is 73.1 Å². The van der Waals surface area contributed by atoms with Crippen LogP contribution in [0.4, 0.5) is 0 Å². The Balaban J connectivity index is 1.60. The number of hydrogen-bond donors (Lipinski definition) is 2. The molecule has 2 N–H and O–H groups in total. The maximum Gasteiger partial charge on any atom is 0.335 e. The van der Waals surface area contributed by atoms with E-state index in [0.717, 1.165) is 16.7 Å². The molecule has 138 valence electrons. The van der Waals surface area contributed by atoms with E-state index in [1.807, 2.05) is 18.2 Å². The number of benzene rings is 2. The van der Waals surface area contributed by atoms with E-state index in [2.05, 4.69) is 22.1 Å². The molecule has 0 radical (unpaired) electrons. The standard InChI is InChI=1S/C23H18N2O3/c26-22(25-16-19-7-9-20(10-8-19)23(27)28)21-6-2-5-18(15-21)4-1-3-17-11-13-24-14-12-17/h2,5-15H,3,16H2,(H,25,26)(H,27,28). The van der Waals surface area contributed by atoms with Gasteiger partial charge in [-0.05, 0) is 53.6 Å². The van der Waals surface area contributed by atoms with Crippen molar-refractivity contribution in [3.05, 3.63) is 101 Å². The molecule has 0 saturated heterocycles. The molecule has 0 aliphatic rings. The molecule has 0 saturated carbocycles. The highest BCUT2D eigenvalue weighted by atomic mass is 16.4. The van der Waals surface area contributed by atoms with E-state index < -0.39 is 5.97 Å². The quantitative estimate of drug-likeness (QED) is 0.676. The predicted molar refractivity (Wildman–Crippen MR) is 106 cm³/mol. The second-order valence-electron chi connectivity index (χ2n) is 6.10. The van der Waals surface area contributed by atoms with Crippen molar-refractivity contribution in [1.82, 2.24) is 10.3 Å². The van der Waals surface area contributed by atoms with Gasteiger partial charge in [-0.3, -0.25) is 9.78 Å². The average Bonchev–Trinajstić information content (AvgIpc) is 2.73. The Morgan fingerprint density at radius 3 is 2.39 bits per heavy atom. The van der Waals surface area contributed by atoms with Gasteiger partial charge in [0.25, 0.3) is 5.91 Å². The number of carbonyl (C=O) groups excluding carboxylic acids is 1. The summed E-state index contributed by atoms with van der Waals surface area (Å²) in [6.07, 6.45) is 4.08. The first-order valence-corrected chi connectivity index (χ1v) is 8.70. The number of aromatic carboxylic acids is 1. The Morgan fingerprint density at radius 2 is 1.68 bits per heavy atom. The Hall–Kier alpha value is -3.91. The molecule has 0 aliphatic heterocycles. The second-order valence-corrected chi connectivity index (χ2v) is 6.10. The fourth-order valence-electron chi connectivity index (χ4n) is 2.54. The lowest BCUT2D eigenvalue weighted by Gasteiger charge is -2.06. The summed E-state index contributed by atoms with van der Waals surface area (Å²) in [5, 5.41) is 11.7. The zero-order valence-electron chi connectivity index (χ0n) is 15.1. The topological polar surface area (TPSA) is 79.3 Å². The van der Waals surface area contributed by atoms with E-state index in [9.17, 15) is 9.59 Å². The lowest BCUT2D eigenvalue weighted by Crippen LogP contribution is -2.22. The van der Waals surface area contributed by atoms with Gasteiger partial charge in [-0.2, -0.15) is 0 Å². The van der Waals surface area contributed by atoms with E-state index >= 15 is 0 Å². The normalized spacial score (nSPS) is 9.86. The number of carboxylic acid groups (broad SMARTS) is 1. The first-order chi connectivity index (χ1) is 13.6. The number of hydrogen-bond acceptors (Lipinski definition) is 3. The van der Waals surface area contributed by atoms with Crippen LogP contribution in [0.25, 0.3) is 0 Å². The van der Waals surface area contributed by atoms with Crippen LogP contribution in [0.2, 0.25) is 0 Å². The van der Waals surface area contributed by atoms with Crippen molar-refractivity contribution in [2.24, 2.45) is 0 Å². The van der Waals surface area contributed by atoms with Crippen LogP contribution in [0.1, 0.15) is 37.4 Å². The SMILES string of the molecule is O=C(O)c1ccc(CNC(=O)c2cccc(C#CCc3ccncc3)c2)cc1. The third-order valence-corrected chi connectivity index (χ3v) is 4.05. The molecule has 0 bridgehead atoms. The molecule has 3 aromatic rings. The monoisotopic (exact) mass is 370 g/mol. The fraction of sp³-hybridized carbons (Fsp3) is 0.0870. The van der Waals surface area contributed by atoms with Crippen LogP contribution in [0.5, 0.6) is 0 Å². The van der Waals surface area contributed by atoms with Crippen molar-refractivity contribution in [2.75, 3.05) is 0 Å². The van der Waals surface area contributed by atoms with Gasteiger partial charge in [-0.15, -0.1) is 0 Å². The van der Waals surface area contributed by atoms with E-state index in [4.69, 9.17) is 5.11 Å². The zero-order chi connectivity index (χ0) is 19.8. The molecule has 3 rings (SSSR count). The van der Waals surface area contributed by atoms with Gasteiger partial charge in [0.1, 0.15) is 0 Å². The summed E-state index contributed by atoms with van der Waals surface area (Å²) in [7, 11) is 0. The molecular formula is C23H18N2O3. The van der Waals surface area contributed by atoms with Crippen molar-refractivity contribution >= 4 is 11.9 Å². The van der Waals surface area contributed by atoms with Gasteiger partial charge in [0, 0.05) is 36.5 Å². The van der Waals surface area contributed by atoms with Crippen molar-refractivity contribution in [2.45, 2.75) is 13.0 Å². The summed E-state index contributed by atoms with van der Waals surface area (Å²) in [4.78, 5) is 27.2.